The summed E-state index contributed by atoms with van der Waals surface area (Å²) < 4.78 is 5.57. The van der Waals surface area contributed by atoms with Crippen molar-refractivity contribution < 1.29 is 19.4 Å². The Balaban J connectivity index is 2.10. The number of hydrogen-bond donors (Lipinski definition) is 2. The molecule has 5 nitrogen and oxygen atoms in total. The van der Waals surface area contributed by atoms with E-state index < -0.39 is 5.97 Å². The van der Waals surface area contributed by atoms with Crippen molar-refractivity contribution in [1.82, 2.24) is 5.32 Å². The van der Waals surface area contributed by atoms with E-state index in [1.807, 2.05) is 31.2 Å². The van der Waals surface area contributed by atoms with Gasteiger partial charge in [-0.1, -0.05) is 18.2 Å². The van der Waals surface area contributed by atoms with Gasteiger partial charge in [0.05, 0.1) is 13.0 Å². The van der Waals surface area contributed by atoms with Crippen molar-refractivity contribution in [1.29, 1.82) is 0 Å². The number of rotatable bonds is 8. The highest BCUT2D eigenvalue weighted by molar-refractivity contribution is 5.80. The summed E-state index contributed by atoms with van der Waals surface area (Å²) in [6.07, 6.45) is 0.576. The Bertz CT molecular complexity index is 431. The summed E-state index contributed by atoms with van der Waals surface area (Å²) in [7, 11) is 0. The zero-order valence-electron chi connectivity index (χ0n) is 11.0. The van der Waals surface area contributed by atoms with Crippen LogP contribution < -0.4 is 10.1 Å². The topological polar surface area (TPSA) is 75.6 Å². The first-order valence-corrected chi connectivity index (χ1v) is 6.26. The minimum absolute atomic E-state index is 0.0218. The Morgan fingerprint density at radius 2 is 2.00 bits per heavy atom. The first-order valence-electron chi connectivity index (χ1n) is 6.26. The summed E-state index contributed by atoms with van der Waals surface area (Å²) in [5.41, 5.74) is 1.08. The molecule has 0 unspecified atom stereocenters. The molecule has 0 aliphatic heterocycles. The second kappa shape index (κ2) is 8.13. The van der Waals surface area contributed by atoms with Crippen LogP contribution in [0.15, 0.2) is 24.3 Å². The van der Waals surface area contributed by atoms with Gasteiger partial charge in [0.25, 0.3) is 0 Å². The van der Waals surface area contributed by atoms with Gasteiger partial charge in [0.2, 0.25) is 5.91 Å². The number of ether oxygens (including phenoxy) is 1. The van der Waals surface area contributed by atoms with E-state index in [1.165, 1.54) is 0 Å². The Labute approximate surface area is 112 Å². The normalized spacial score (nSPS) is 9.95. The Morgan fingerprint density at radius 1 is 1.26 bits per heavy atom. The summed E-state index contributed by atoms with van der Waals surface area (Å²) >= 11 is 0. The van der Waals surface area contributed by atoms with Gasteiger partial charge in [-0.15, -0.1) is 0 Å². The number of nitrogens with one attached hydrogen (secondary N) is 1. The first-order chi connectivity index (χ1) is 9.09. The van der Waals surface area contributed by atoms with Crippen LogP contribution in [0.25, 0.3) is 0 Å². The molecule has 0 bridgehead atoms. The number of aliphatic carboxylic acids is 1. The van der Waals surface area contributed by atoms with Crippen LogP contribution in [0.2, 0.25) is 0 Å². The highest BCUT2D eigenvalue weighted by Gasteiger charge is 2.04. The van der Waals surface area contributed by atoms with E-state index >= 15 is 0 Å². The molecular formula is C14H19NO4. The highest BCUT2D eigenvalue weighted by Crippen LogP contribution is 2.15. The molecule has 1 rings (SSSR count). The van der Waals surface area contributed by atoms with Gasteiger partial charge < -0.3 is 15.2 Å². The van der Waals surface area contributed by atoms with Gasteiger partial charge in [0.1, 0.15) is 5.75 Å². The monoisotopic (exact) mass is 265 g/mol. The molecule has 2 N–H and O–H groups in total. The van der Waals surface area contributed by atoms with Crippen molar-refractivity contribution in [2.75, 3.05) is 13.2 Å². The van der Waals surface area contributed by atoms with Crippen molar-refractivity contribution in [2.24, 2.45) is 0 Å². The fraction of sp³-hybridized carbons (Fsp3) is 0.429. The van der Waals surface area contributed by atoms with Crippen LogP contribution in [0.1, 0.15) is 24.8 Å². The van der Waals surface area contributed by atoms with E-state index in [9.17, 15) is 9.59 Å². The van der Waals surface area contributed by atoms with Gasteiger partial charge in [-0.3, -0.25) is 9.59 Å². The van der Waals surface area contributed by atoms with Crippen molar-refractivity contribution >= 4 is 11.9 Å². The maximum atomic E-state index is 11.2. The van der Waals surface area contributed by atoms with E-state index in [-0.39, 0.29) is 18.7 Å². The van der Waals surface area contributed by atoms with Gasteiger partial charge >= 0.3 is 5.97 Å². The van der Waals surface area contributed by atoms with Crippen molar-refractivity contribution in [2.45, 2.75) is 26.2 Å². The highest BCUT2D eigenvalue weighted by atomic mass is 16.5. The largest absolute Gasteiger partial charge is 0.493 e. The summed E-state index contributed by atoms with van der Waals surface area (Å²) in [5.74, 6) is -0.351. The number of carbonyl (C=O) groups is 2. The maximum Gasteiger partial charge on any atom is 0.303 e. The smallest absolute Gasteiger partial charge is 0.303 e. The molecule has 0 aliphatic carbocycles. The van der Waals surface area contributed by atoms with Gasteiger partial charge in [0, 0.05) is 13.0 Å². The van der Waals surface area contributed by atoms with E-state index in [4.69, 9.17) is 9.84 Å². The third kappa shape index (κ3) is 6.45. The van der Waals surface area contributed by atoms with Crippen LogP contribution in [0.3, 0.4) is 0 Å². The first kappa shape index (κ1) is 15.0. The van der Waals surface area contributed by atoms with Crippen molar-refractivity contribution in [3.8, 4) is 5.75 Å². The summed E-state index contributed by atoms with van der Waals surface area (Å²) in [4.78, 5) is 21.5. The Hall–Kier alpha value is -2.04. The number of hydrogen-bond acceptors (Lipinski definition) is 3. The van der Waals surface area contributed by atoms with Gasteiger partial charge in [0.15, 0.2) is 0 Å². The summed E-state index contributed by atoms with van der Waals surface area (Å²) in [5, 5.41) is 11.1. The lowest BCUT2D eigenvalue weighted by molar-refractivity contribution is -0.138. The Kier molecular flexibility index (Phi) is 6.43. The number of carboxylic acid groups (broad SMARTS) is 1. The number of benzene rings is 1. The van der Waals surface area contributed by atoms with E-state index in [1.54, 1.807) is 0 Å². The minimum atomic E-state index is -0.960. The SMILES string of the molecule is Cc1ccccc1OCCCNC(=O)CCC(=O)O. The molecule has 0 saturated heterocycles. The maximum absolute atomic E-state index is 11.2. The van der Waals surface area contributed by atoms with Crippen LogP contribution in [0.4, 0.5) is 0 Å². The van der Waals surface area contributed by atoms with Crippen LogP contribution in [0.5, 0.6) is 5.75 Å². The van der Waals surface area contributed by atoms with Crippen LogP contribution in [0, 0.1) is 6.92 Å². The number of para-hydroxylation sites is 1. The molecule has 0 aliphatic rings. The average Bonchev–Trinajstić information content (AvgIpc) is 2.38. The fourth-order valence-corrected chi connectivity index (χ4v) is 1.51. The number of carbonyl (C=O) groups excluding carboxylic acids is 1. The molecule has 0 aromatic heterocycles. The molecule has 0 radical (unpaired) electrons. The van der Waals surface area contributed by atoms with Crippen LogP contribution in [-0.2, 0) is 9.59 Å². The number of aryl methyl sites for hydroxylation is 1. The standard InChI is InChI=1S/C14H19NO4/c1-11-5-2-3-6-12(11)19-10-4-9-15-13(16)7-8-14(17)18/h2-3,5-6H,4,7-10H2,1H3,(H,15,16)(H,17,18). The molecule has 5 heteroatoms. The van der Waals surface area contributed by atoms with E-state index in [0.717, 1.165) is 11.3 Å². The third-order valence-corrected chi connectivity index (χ3v) is 2.56. The van der Waals surface area contributed by atoms with Crippen LogP contribution in [-0.4, -0.2) is 30.1 Å². The zero-order valence-corrected chi connectivity index (χ0v) is 11.0. The second-order valence-corrected chi connectivity index (χ2v) is 4.21. The lowest BCUT2D eigenvalue weighted by Gasteiger charge is -2.09. The quantitative estimate of drug-likeness (QED) is 0.702. The van der Waals surface area contributed by atoms with Gasteiger partial charge in [-0.25, -0.2) is 0 Å². The molecule has 0 spiro atoms. The molecule has 0 atom stereocenters. The molecule has 1 aromatic rings. The van der Waals surface area contributed by atoms with E-state index in [2.05, 4.69) is 5.32 Å². The lowest BCUT2D eigenvalue weighted by Crippen LogP contribution is -2.25. The molecular weight excluding hydrogens is 246 g/mol. The molecule has 0 fully saturated rings. The second-order valence-electron chi connectivity index (χ2n) is 4.21. The predicted octanol–water partition coefficient (Wildman–Crippen LogP) is 1.74. The molecule has 19 heavy (non-hydrogen) atoms. The average molecular weight is 265 g/mol. The van der Waals surface area contributed by atoms with Gasteiger partial charge in [-0.2, -0.15) is 0 Å². The van der Waals surface area contributed by atoms with Crippen LogP contribution >= 0.6 is 0 Å². The van der Waals surface area contributed by atoms with E-state index in [0.29, 0.717) is 19.6 Å². The predicted molar refractivity (Wildman–Crippen MR) is 71.2 cm³/mol. The summed E-state index contributed by atoms with van der Waals surface area (Å²) in [6, 6.07) is 7.74. The molecule has 1 amide bonds. The van der Waals surface area contributed by atoms with Crippen molar-refractivity contribution in [3.05, 3.63) is 29.8 Å². The molecule has 0 heterocycles. The fourth-order valence-electron chi connectivity index (χ4n) is 1.51. The molecule has 0 saturated carbocycles. The minimum Gasteiger partial charge on any atom is -0.493 e. The molecule has 1 aromatic carbocycles. The summed E-state index contributed by atoms with van der Waals surface area (Å²) in [6.45, 7) is 2.98. The zero-order chi connectivity index (χ0) is 14.1. The lowest BCUT2D eigenvalue weighted by atomic mass is 10.2. The Morgan fingerprint density at radius 3 is 2.68 bits per heavy atom. The van der Waals surface area contributed by atoms with Gasteiger partial charge in [-0.05, 0) is 25.0 Å². The van der Waals surface area contributed by atoms with Crippen molar-refractivity contribution in [3.63, 3.8) is 0 Å². The third-order valence-electron chi connectivity index (χ3n) is 2.56. The number of amides is 1. The molecule has 104 valence electrons. The number of carboxylic acids is 1.